The molecule has 0 saturated heterocycles. The molecule has 0 bridgehead atoms. The molecule has 0 aliphatic carbocycles. The first kappa shape index (κ1) is 31.9. The average Bonchev–Trinajstić information content (AvgIpc) is 3.16. The van der Waals surface area contributed by atoms with Gasteiger partial charge in [0.2, 0.25) is 10.0 Å². The smallest absolute Gasteiger partial charge is 0.408 e. The van der Waals surface area contributed by atoms with Crippen molar-refractivity contribution in [2.45, 2.75) is 37.3 Å². The van der Waals surface area contributed by atoms with Gasteiger partial charge in [0.05, 0.1) is 16.9 Å². The van der Waals surface area contributed by atoms with E-state index in [4.69, 9.17) is 9.47 Å². The number of carbonyl (C=O) groups is 4. The minimum Gasteiger partial charge on any atom is -0.467 e. The van der Waals surface area contributed by atoms with Crippen molar-refractivity contribution in [2.75, 3.05) is 44.9 Å². The van der Waals surface area contributed by atoms with Crippen LogP contribution in [0.5, 0.6) is 0 Å². The van der Waals surface area contributed by atoms with Crippen molar-refractivity contribution >= 4 is 62.1 Å². The highest BCUT2D eigenvalue weighted by Crippen LogP contribution is 2.30. The van der Waals surface area contributed by atoms with E-state index in [1.54, 1.807) is 39.0 Å². The van der Waals surface area contributed by atoms with Gasteiger partial charge in [0.1, 0.15) is 11.6 Å². The van der Waals surface area contributed by atoms with Crippen LogP contribution in [0.4, 0.5) is 10.5 Å². The number of esters is 1. The lowest BCUT2D eigenvalue weighted by atomic mass is 10.1. The highest BCUT2D eigenvalue weighted by molar-refractivity contribution is 8.04. The van der Waals surface area contributed by atoms with E-state index in [0.717, 1.165) is 40.9 Å². The number of benzene rings is 2. The first-order valence-corrected chi connectivity index (χ1v) is 15.1. The van der Waals surface area contributed by atoms with E-state index in [-0.39, 0.29) is 28.6 Å². The summed E-state index contributed by atoms with van der Waals surface area (Å²) in [6.45, 7) is 4.58. The van der Waals surface area contributed by atoms with E-state index in [1.165, 1.54) is 6.07 Å². The molecule has 1 atom stereocenters. The maximum Gasteiger partial charge on any atom is 0.408 e. The fourth-order valence-corrected chi connectivity index (χ4v) is 6.22. The molecule has 41 heavy (non-hydrogen) atoms. The van der Waals surface area contributed by atoms with Crippen molar-refractivity contribution in [1.82, 2.24) is 14.9 Å². The lowest BCUT2D eigenvalue weighted by Crippen LogP contribution is -2.45. The number of alkyl carbamates (subject to hydrolysis) is 1. The largest absolute Gasteiger partial charge is 0.467 e. The molecule has 0 fully saturated rings. The summed E-state index contributed by atoms with van der Waals surface area (Å²) in [4.78, 5) is 52.6. The SMILES string of the molecule is COC(=O)[C@H](CSC1=CC(=O)N(CCNS(=O)(=O)c2cccc3c(N(C)C)cccc23)C1=O)NC(=O)OC(C)(C)C. The van der Waals surface area contributed by atoms with Crippen LogP contribution >= 0.6 is 11.8 Å². The van der Waals surface area contributed by atoms with Crippen molar-refractivity contribution in [3.8, 4) is 0 Å². The van der Waals surface area contributed by atoms with Crippen LogP contribution in [0, 0.1) is 0 Å². The van der Waals surface area contributed by atoms with Gasteiger partial charge in [0, 0.05) is 55.5 Å². The third-order valence-corrected chi connectivity index (χ3v) is 8.44. The lowest BCUT2D eigenvalue weighted by Gasteiger charge is -2.22. The average molecular weight is 607 g/mol. The molecule has 2 aromatic carbocycles. The second kappa shape index (κ2) is 12.9. The number of nitrogens with one attached hydrogen (secondary N) is 2. The minimum atomic E-state index is -3.97. The van der Waals surface area contributed by atoms with Crippen LogP contribution in [-0.4, -0.2) is 88.9 Å². The number of hydrogen-bond donors (Lipinski definition) is 2. The molecule has 0 aromatic heterocycles. The molecule has 14 heteroatoms. The molecule has 0 unspecified atom stereocenters. The van der Waals surface area contributed by atoms with Gasteiger partial charge in [-0.25, -0.2) is 22.7 Å². The molecular formula is C27H34N4O8S2. The topological polar surface area (TPSA) is 151 Å². The predicted octanol–water partition coefficient (Wildman–Crippen LogP) is 2.24. The Labute approximate surface area is 243 Å². The second-order valence-corrected chi connectivity index (χ2v) is 13.1. The molecule has 2 aromatic rings. The van der Waals surface area contributed by atoms with Gasteiger partial charge in [-0.2, -0.15) is 0 Å². The fraction of sp³-hybridized carbons (Fsp3) is 0.407. The fourth-order valence-electron chi connectivity index (χ4n) is 3.99. The number of rotatable bonds is 11. The number of hydrogen-bond acceptors (Lipinski definition) is 10. The summed E-state index contributed by atoms with van der Waals surface area (Å²) in [5.41, 5.74) is 0.0682. The van der Waals surface area contributed by atoms with Crippen LogP contribution in [0.1, 0.15) is 20.8 Å². The Bertz CT molecular complexity index is 1480. The summed E-state index contributed by atoms with van der Waals surface area (Å²) < 4.78 is 38.7. The summed E-state index contributed by atoms with van der Waals surface area (Å²) in [5.74, 6) is -2.11. The Morgan fingerprint density at radius 1 is 1.07 bits per heavy atom. The molecule has 1 heterocycles. The molecule has 0 saturated carbocycles. The summed E-state index contributed by atoms with van der Waals surface area (Å²) in [6.07, 6.45) is 0.269. The number of carbonyl (C=O) groups excluding carboxylic acids is 4. The lowest BCUT2D eigenvalue weighted by molar-refractivity contribution is -0.142. The monoisotopic (exact) mass is 606 g/mol. The summed E-state index contributed by atoms with van der Waals surface area (Å²) in [6, 6.07) is 9.23. The number of ether oxygens (including phenoxy) is 2. The number of anilines is 1. The number of imide groups is 1. The molecular weight excluding hydrogens is 572 g/mol. The molecule has 3 rings (SSSR count). The molecule has 1 aliphatic heterocycles. The van der Waals surface area contributed by atoms with Crippen LogP contribution in [0.15, 0.2) is 52.3 Å². The number of thioether (sulfide) groups is 1. The van der Waals surface area contributed by atoms with E-state index in [1.807, 2.05) is 31.1 Å². The Balaban J connectivity index is 1.62. The number of fused-ring (bicyclic) bond motifs is 1. The molecule has 12 nitrogen and oxygen atoms in total. The zero-order valence-electron chi connectivity index (χ0n) is 23.7. The van der Waals surface area contributed by atoms with E-state index >= 15 is 0 Å². The molecule has 3 amide bonds. The highest BCUT2D eigenvalue weighted by atomic mass is 32.2. The standard InChI is InChI=1S/C27H34N4O8S2/c1-27(2,3)39-26(35)29-19(25(34)38-6)16-40-21-15-23(32)31(24(21)33)14-13-28-41(36,37)22-12-8-9-17-18(22)10-7-11-20(17)30(4)5/h7-12,15,19,28H,13-14,16H2,1-6H3,(H,29,35)/t19-/m0/s1. The Hall–Kier alpha value is -3.62. The van der Waals surface area contributed by atoms with Crippen molar-refractivity contribution < 1.29 is 37.1 Å². The van der Waals surface area contributed by atoms with Crippen molar-refractivity contribution in [3.63, 3.8) is 0 Å². The first-order chi connectivity index (χ1) is 19.1. The zero-order valence-corrected chi connectivity index (χ0v) is 25.4. The molecule has 222 valence electrons. The van der Waals surface area contributed by atoms with Crippen molar-refractivity contribution in [3.05, 3.63) is 47.4 Å². The minimum absolute atomic E-state index is 0.0445. The van der Waals surface area contributed by atoms with Gasteiger partial charge in [-0.05, 0) is 32.9 Å². The number of nitrogens with zero attached hydrogens (tertiary/aromatic N) is 2. The van der Waals surface area contributed by atoms with Gasteiger partial charge in [-0.15, -0.1) is 11.8 Å². The maximum absolute atomic E-state index is 13.2. The Morgan fingerprint density at radius 3 is 2.37 bits per heavy atom. The number of amides is 3. The predicted molar refractivity (Wildman–Crippen MR) is 156 cm³/mol. The first-order valence-electron chi connectivity index (χ1n) is 12.6. The Morgan fingerprint density at radius 2 is 1.73 bits per heavy atom. The van der Waals surface area contributed by atoms with Gasteiger partial charge in [0.15, 0.2) is 0 Å². The summed E-state index contributed by atoms with van der Waals surface area (Å²) in [5, 5.41) is 3.71. The van der Waals surface area contributed by atoms with E-state index in [0.29, 0.717) is 5.39 Å². The van der Waals surface area contributed by atoms with Crippen LogP contribution < -0.4 is 14.9 Å². The van der Waals surface area contributed by atoms with Gasteiger partial charge in [-0.3, -0.25) is 14.5 Å². The summed E-state index contributed by atoms with van der Waals surface area (Å²) >= 11 is 0.888. The highest BCUT2D eigenvalue weighted by Gasteiger charge is 2.33. The quantitative estimate of drug-likeness (QED) is 0.288. The van der Waals surface area contributed by atoms with Crippen molar-refractivity contribution in [1.29, 1.82) is 0 Å². The van der Waals surface area contributed by atoms with Gasteiger partial charge in [0.25, 0.3) is 11.8 Å². The summed E-state index contributed by atoms with van der Waals surface area (Å²) in [7, 11) is 0.918. The molecule has 1 aliphatic rings. The van der Waals surface area contributed by atoms with Gasteiger partial charge < -0.3 is 19.7 Å². The number of sulfonamides is 1. The van der Waals surface area contributed by atoms with Crippen molar-refractivity contribution in [2.24, 2.45) is 0 Å². The third kappa shape index (κ3) is 7.99. The van der Waals surface area contributed by atoms with E-state index in [9.17, 15) is 27.6 Å². The number of methoxy groups -OCH3 is 1. The van der Waals surface area contributed by atoms with Crippen LogP contribution in [0.2, 0.25) is 0 Å². The van der Waals surface area contributed by atoms with Gasteiger partial charge in [-0.1, -0.05) is 24.3 Å². The van der Waals surface area contributed by atoms with Crippen LogP contribution in [0.3, 0.4) is 0 Å². The third-order valence-electron chi connectivity index (χ3n) is 5.82. The maximum atomic E-state index is 13.2. The normalized spacial score (nSPS) is 14.6. The zero-order chi connectivity index (χ0) is 30.5. The second-order valence-electron chi connectivity index (χ2n) is 10.3. The van der Waals surface area contributed by atoms with Crippen LogP contribution in [-0.2, 0) is 33.9 Å². The molecule has 2 N–H and O–H groups in total. The molecule has 0 radical (unpaired) electrons. The van der Waals surface area contributed by atoms with E-state index in [2.05, 4.69) is 10.0 Å². The van der Waals surface area contributed by atoms with Crippen LogP contribution in [0.25, 0.3) is 10.8 Å². The molecule has 0 spiro atoms. The van der Waals surface area contributed by atoms with Gasteiger partial charge >= 0.3 is 12.1 Å². The van der Waals surface area contributed by atoms with E-state index < -0.39 is 45.5 Å². The Kier molecular flexibility index (Phi) is 10.0.